The molecule has 1 rings (SSSR count). The summed E-state index contributed by atoms with van der Waals surface area (Å²) in [4.78, 5) is 11.8. The molecule has 0 fully saturated rings. The van der Waals surface area contributed by atoms with Gasteiger partial charge in [0, 0.05) is 24.9 Å². The van der Waals surface area contributed by atoms with Gasteiger partial charge in [0.05, 0.1) is 20.6 Å². The summed E-state index contributed by atoms with van der Waals surface area (Å²) in [6.07, 6.45) is 9.12. The molecule has 0 unspecified atom stereocenters. The van der Waals surface area contributed by atoms with Crippen LogP contribution >= 0.6 is 0 Å². The van der Waals surface area contributed by atoms with Gasteiger partial charge in [-0.15, -0.1) is 0 Å². The lowest BCUT2D eigenvalue weighted by Gasteiger charge is -2.30. The molecule has 0 aromatic heterocycles. The van der Waals surface area contributed by atoms with Crippen LogP contribution in [-0.2, 0) is 11.3 Å². The third-order valence-corrected chi connectivity index (χ3v) is 4.47. The summed E-state index contributed by atoms with van der Waals surface area (Å²) >= 11 is 0. The zero-order valence-corrected chi connectivity index (χ0v) is 16.0. The molecule has 0 atom stereocenters. The Morgan fingerprint density at radius 1 is 0.958 bits per heavy atom. The minimum Gasteiger partial charge on any atom is -0.356 e. The highest BCUT2D eigenvalue weighted by Gasteiger charge is 2.15. The van der Waals surface area contributed by atoms with Crippen LogP contribution in [0.1, 0.15) is 63.9 Å². The number of rotatable bonds is 13. The Labute approximate surface area is 149 Å². The van der Waals surface area contributed by atoms with Crippen LogP contribution in [0.2, 0.25) is 0 Å². The van der Waals surface area contributed by atoms with Crippen LogP contribution in [-0.4, -0.2) is 37.6 Å². The highest BCUT2D eigenvalue weighted by atomic mass is 16.1. The molecule has 3 nitrogen and oxygen atoms in total. The largest absolute Gasteiger partial charge is 0.356 e. The molecule has 0 spiro atoms. The number of amides is 1. The van der Waals surface area contributed by atoms with Gasteiger partial charge in [0.1, 0.15) is 6.54 Å². The standard InChI is InChI=1S/C21H36N2O/c1-4-5-6-7-8-12-16-21(24)22-17-13-18-23(2,3)19-20-14-10-9-11-15-20/h9-11,14-15H,4-8,12-13,16-19H2,1-3H3/p+1. The second-order valence-corrected chi connectivity index (χ2v) is 7.52. The third-order valence-electron chi connectivity index (χ3n) is 4.47. The molecular weight excluding hydrogens is 296 g/mol. The fraction of sp³-hybridized carbons (Fsp3) is 0.667. The number of quaternary nitrogens is 1. The maximum absolute atomic E-state index is 11.8. The minimum absolute atomic E-state index is 0.221. The second kappa shape index (κ2) is 12.1. The Hall–Kier alpha value is -1.35. The number of nitrogens with zero attached hydrogens (tertiary/aromatic N) is 1. The molecule has 1 amide bonds. The van der Waals surface area contributed by atoms with E-state index >= 15 is 0 Å². The Kier molecular flexibility index (Phi) is 10.4. The van der Waals surface area contributed by atoms with E-state index in [4.69, 9.17) is 0 Å². The predicted molar refractivity (Wildman–Crippen MR) is 103 cm³/mol. The van der Waals surface area contributed by atoms with Crippen molar-refractivity contribution in [1.29, 1.82) is 0 Å². The van der Waals surface area contributed by atoms with Gasteiger partial charge in [0.25, 0.3) is 0 Å². The van der Waals surface area contributed by atoms with Crippen molar-refractivity contribution in [2.45, 2.75) is 64.8 Å². The summed E-state index contributed by atoms with van der Waals surface area (Å²) in [5.41, 5.74) is 1.37. The Morgan fingerprint density at radius 2 is 1.62 bits per heavy atom. The van der Waals surface area contributed by atoms with Crippen molar-refractivity contribution >= 4 is 5.91 Å². The first-order valence-electron chi connectivity index (χ1n) is 9.66. The molecule has 1 aromatic rings. The molecular formula is C21H37N2O+. The third kappa shape index (κ3) is 10.4. The van der Waals surface area contributed by atoms with Gasteiger partial charge >= 0.3 is 0 Å². The summed E-state index contributed by atoms with van der Waals surface area (Å²) < 4.78 is 0.956. The van der Waals surface area contributed by atoms with Crippen molar-refractivity contribution in [3.05, 3.63) is 35.9 Å². The first kappa shape index (κ1) is 20.7. The molecule has 3 heteroatoms. The zero-order chi connectivity index (χ0) is 17.7. The molecule has 0 saturated heterocycles. The first-order valence-corrected chi connectivity index (χ1v) is 9.66. The van der Waals surface area contributed by atoms with E-state index in [0.717, 1.165) is 37.0 Å². The van der Waals surface area contributed by atoms with Crippen LogP contribution in [0.25, 0.3) is 0 Å². The van der Waals surface area contributed by atoms with E-state index in [9.17, 15) is 4.79 Å². The molecule has 1 N–H and O–H groups in total. The molecule has 0 bridgehead atoms. The van der Waals surface area contributed by atoms with Gasteiger partial charge in [0.2, 0.25) is 5.91 Å². The van der Waals surface area contributed by atoms with Crippen LogP contribution < -0.4 is 5.32 Å². The van der Waals surface area contributed by atoms with Crippen LogP contribution in [0, 0.1) is 0 Å². The predicted octanol–water partition coefficient (Wildman–Crippen LogP) is 4.52. The fourth-order valence-corrected chi connectivity index (χ4v) is 3.05. The Balaban J connectivity index is 2.06. The van der Waals surface area contributed by atoms with Crippen molar-refractivity contribution in [1.82, 2.24) is 5.32 Å². The molecule has 24 heavy (non-hydrogen) atoms. The number of carbonyl (C=O) groups excluding carboxylic acids is 1. The first-order chi connectivity index (χ1) is 11.5. The molecule has 1 aromatic carbocycles. The number of carbonyl (C=O) groups is 1. The van der Waals surface area contributed by atoms with Crippen LogP contribution in [0.15, 0.2) is 30.3 Å². The molecule has 0 radical (unpaired) electrons. The number of nitrogens with one attached hydrogen (secondary N) is 1. The number of unbranched alkanes of at least 4 members (excludes halogenated alkanes) is 5. The summed E-state index contributed by atoms with van der Waals surface area (Å²) in [6, 6.07) is 10.6. The molecule has 136 valence electrons. The molecule has 0 saturated carbocycles. The van der Waals surface area contributed by atoms with Gasteiger partial charge in [-0.1, -0.05) is 69.4 Å². The summed E-state index contributed by atoms with van der Waals surface area (Å²) in [5, 5.41) is 3.07. The number of hydrogen-bond donors (Lipinski definition) is 1. The minimum atomic E-state index is 0.221. The summed E-state index contributed by atoms with van der Waals surface area (Å²) in [6.45, 7) is 5.14. The van der Waals surface area contributed by atoms with Gasteiger partial charge in [-0.3, -0.25) is 4.79 Å². The van der Waals surface area contributed by atoms with Crippen LogP contribution in [0.5, 0.6) is 0 Å². The topological polar surface area (TPSA) is 29.1 Å². The molecule has 0 aliphatic rings. The highest BCUT2D eigenvalue weighted by molar-refractivity contribution is 5.75. The Bertz CT molecular complexity index is 442. The van der Waals surface area contributed by atoms with Crippen LogP contribution in [0.3, 0.4) is 0 Å². The van der Waals surface area contributed by atoms with E-state index in [0.29, 0.717) is 6.42 Å². The van der Waals surface area contributed by atoms with Crippen LogP contribution in [0.4, 0.5) is 0 Å². The average molecular weight is 334 g/mol. The second-order valence-electron chi connectivity index (χ2n) is 7.52. The average Bonchev–Trinajstić information content (AvgIpc) is 2.55. The van der Waals surface area contributed by atoms with E-state index in [-0.39, 0.29) is 5.91 Å². The van der Waals surface area contributed by atoms with E-state index in [2.05, 4.69) is 56.7 Å². The quantitative estimate of drug-likeness (QED) is 0.417. The Morgan fingerprint density at radius 3 is 2.33 bits per heavy atom. The lowest BCUT2D eigenvalue weighted by molar-refractivity contribution is -0.903. The van der Waals surface area contributed by atoms with Gasteiger partial charge < -0.3 is 9.80 Å². The monoisotopic (exact) mass is 333 g/mol. The van der Waals surface area contributed by atoms with Gasteiger partial charge in [0.15, 0.2) is 0 Å². The molecule has 0 aliphatic carbocycles. The smallest absolute Gasteiger partial charge is 0.219 e. The van der Waals surface area contributed by atoms with E-state index in [1.165, 1.54) is 37.7 Å². The van der Waals surface area contributed by atoms with Gasteiger partial charge in [-0.25, -0.2) is 0 Å². The summed E-state index contributed by atoms with van der Waals surface area (Å²) in [5.74, 6) is 0.221. The molecule has 0 aliphatic heterocycles. The zero-order valence-electron chi connectivity index (χ0n) is 16.0. The lowest BCUT2D eigenvalue weighted by atomic mass is 10.1. The lowest BCUT2D eigenvalue weighted by Crippen LogP contribution is -2.41. The van der Waals surface area contributed by atoms with Gasteiger partial charge in [-0.2, -0.15) is 0 Å². The highest BCUT2D eigenvalue weighted by Crippen LogP contribution is 2.10. The maximum Gasteiger partial charge on any atom is 0.219 e. The number of hydrogen-bond acceptors (Lipinski definition) is 1. The normalized spacial score (nSPS) is 11.5. The maximum atomic E-state index is 11.8. The van der Waals surface area contributed by atoms with Crippen molar-refractivity contribution < 1.29 is 9.28 Å². The van der Waals surface area contributed by atoms with Crippen molar-refractivity contribution in [3.8, 4) is 0 Å². The molecule has 0 heterocycles. The van der Waals surface area contributed by atoms with Crippen molar-refractivity contribution in [2.24, 2.45) is 0 Å². The fourth-order valence-electron chi connectivity index (χ4n) is 3.05. The van der Waals surface area contributed by atoms with E-state index in [1.807, 2.05) is 0 Å². The van der Waals surface area contributed by atoms with Crippen molar-refractivity contribution in [3.63, 3.8) is 0 Å². The van der Waals surface area contributed by atoms with Crippen molar-refractivity contribution in [2.75, 3.05) is 27.2 Å². The van der Waals surface area contributed by atoms with E-state index in [1.54, 1.807) is 0 Å². The van der Waals surface area contributed by atoms with Gasteiger partial charge in [-0.05, 0) is 6.42 Å². The van der Waals surface area contributed by atoms with E-state index < -0.39 is 0 Å². The SMILES string of the molecule is CCCCCCCCC(=O)NCCC[N+](C)(C)Cc1ccccc1. The summed E-state index contributed by atoms with van der Waals surface area (Å²) in [7, 11) is 4.51. The number of benzene rings is 1.